The number of hydrogen-bond donors (Lipinski definition) is 2. The Labute approximate surface area is 93.1 Å². The zero-order valence-electron chi connectivity index (χ0n) is 8.68. The van der Waals surface area contributed by atoms with Gasteiger partial charge in [0, 0.05) is 5.92 Å². The summed E-state index contributed by atoms with van der Waals surface area (Å²) in [6.07, 6.45) is 1.59. The first-order valence-corrected chi connectivity index (χ1v) is 5.80. The summed E-state index contributed by atoms with van der Waals surface area (Å²) < 4.78 is 0. The fourth-order valence-corrected chi connectivity index (χ4v) is 2.08. The van der Waals surface area contributed by atoms with Gasteiger partial charge in [-0.3, -0.25) is 0 Å². The first-order chi connectivity index (χ1) is 7.02. The quantitative estimate of drug-likeness (QED) is 0.770. The van der Waals surface area contributed by atoms with Crippen molar-refractivity contribution < 1.29 is 15.0 Å². The first kappa shape index (κ1) is 12.1. The maximum Gasteiger partial charge on any atom is 0.347 e. The predicted octanol–water partition coefficient (Wildman–Crippen LogP) is 1.93. The molecule has 0 radical (unpaired) electrons. The second kappa shape index (κ2) is 4.68. The Morgan fingerprint density at radius 1 is 1.40 bits per heavy atom. The van der Waals surface area contributed by atoms with Crippen molar-refractivity contribution >= 4 is 17.7 Å². The van der Waals surface area contributed by atoms with Crippen LogP contribution in [0, 0.1) is 0 Å². The van der Waals surface area contributed by atoms with Crippen molar-refractivity contribution in [3.63, 3.8) is 0 Å². The molecule has 4 heteroatoms. The monoisotopic (exact) mass is 226 g/mol. The van der Waals surface area contributed by atoms with Gasteiger partial charge in [0.25, 0.3) is 0 Å². The van der Waals surface area contributed by atoms with E-state index in [1.54, 1.807) is 13.2 Å². The van der Waals surface area contributed by atoms with Crippen LogP contribution in [0.4, 0.5) is 0 Å². The van der Waals surface area contributed by atoms with Crippen molar-refractivity contribution in [3.8, 4) is 0 Å². The molecule has 0 aliphatic rings. The van der Waals surface area contributed by atoms with Gasteiger partial charge < -0.3 is 10.2 Å². The fraction of sp³-hybridized carbons (Fsp3) is 0.364. The molecule has 2 N–H and O–H groups in total. The van der Waals surface area contributed by atoms with Crippen LogP contribution in [0.2, 0.25) is 0 Å². The molecule has 0 bridgehead atoms. The molecule has 2 unspecified atom stereocenters. The molecule has 82 valence electrons. The molecular weight excluding hydrogens is 212 g/mol. The molecule has 0 aliphatic carbocycles. The van der Waals surface area contributed by atoms with Gasteiger partial charge in [-0.15, -0.1) is 11.8 Å². The molecule has 0 aromatic heterocycles. The Kier molecular flexibility index (Phi) is 3.77. The second-order valence-electron chi connectivity index (χ2n) is 3.34. The SMILES string of the molecule is CSC(O)(C(=O)O)C(C)c1ccccc1. The van der Waals surface area contributed by atoms with Gasteiger partial charge >= 0.3 is 5.97 Å². The van der Waals surface area contributed by atoms with E-state index in [-0.39, 0.29) is 0 Å². The van der Waals surface area contributed by atoms with Gasteiger partial charge in [0.15, 0.2) is 0 Å². The first-order valence-electron chi connectivity index (χ1n) is 4.58. The number of rotatable bonds is 4. The summed E-state index contributed by atoms with van der Waals surface area (Å²) in [5.74, 6) is -1.66. The lowest BCUT2D eigenvalue weighted by Crippen LogP contribution is -2.39. The molecule has 0 heterocycles. The number of thioether (sulfide) groups is 1. The average Bonchev–Trinajstić information content (AvgIpc) is 2.28. The van der Waals surface area contributed by atoms with E-state index in [2.05, 4.69) is 0 Å². The standard InChI is InChI=1S/C11H14O3S/c1-8(9-6-4-3-5-7-9)11(14,15-2)10(12)13/h3-8,14H,1-2H3,(H,12,13). The minimum Gasteiger partial charge on any atom is -0.478 e. The number of carboxylic acids is 1. The Morgan fingerprint density at radius 3 is 2.33 bits per heavy atom. The minimum absolute atomic E-state index is 0.453. The number of benzene rings is 1. The van der Waals surface area contributed by atoms with Crippen LogP contribution in [0.5, 0.6) is 0 Å². The van der Waals surface area contributed by atoms with Crippen molar-refractivity contribution in [3.05, 3.63) is 35.9 Å². The summed E-state index contributed by atoms with van der Waals surface area (Å²) in [4.78, 5) is 9.23. The van der Waals surface area contributed by atoms with Crippen LogP contribution in [0.3, 0.4) is 0 Å². The molecular formula is C11H14O3S. The smallest absolute Gasteiger partial charge is 0.347 e. The molecule has 0 spiro atoms. The molecule has 1 aromatic rings. The van der Waals surface area contributed by atoms with E-state index in [1.165, 1.54) is 0 Å². The minimum atomic E-state index is -1.76. The van der Waals surface area contributed by atoms with Crippen LogP contribution in [-0.2, 0) is 4.79 Å². The number of carboxylic acid groups (broad SMARTS) is 1. The summed E-state index contributed by atoms with van der Waals surface area (Å²) in [6, 6.07) is 9.14. The van der Waals surface area contributed by atoms with E-state index in [1.807, 2.05) is 30.3 Å². The number of carbonyl (C=O) groups is 1. The van der Waals surface area contributed by atoms with Crippen molar-refractivity contribution in [1.82, 2.24) is 0 Å². The fourth-order valence-electron chi connectivity index (χ4n) is 1.42. The molecule has 0 fully saturated rings. The average molecular weight is 226 g/mol. The summed E-state index contributed by atoms with van der Waals surface area (Å²) in [5, 5.41) is 19.0. The van der Waals surface area contributed by atoms with E-state index in [0.717, 1.165) is 17.3 Å². The van der Waals surface area contributed by atoms with Gasteiger partial charge in [-0.2, -0.15) is 0 Å². The lowest BCUT2D eigenvalue weighted by molar-refractivity contribution is -0.150. The van der Waals surface area contributed by atoms with Crippen LogP contribution < -0.4 is 0 Å². The van der Waals surface area contributed by atoms with E-state index in [4.69, 9.17) is 5.11 Å². The number of aliphatic hydroxyl groups is 1. The Balaban J connectivity index is 3.02. The van der Waals surface area contributed by atoms with Crippen molar-refractivity contribution in [2.24, 2.45) is 0 Å². The highest BCUT2D eigenvalue weighted by molar-refractivity contribution is 8.00. The largest absolute Gasteiger partial charge is 0.478 e. The summed E-state index contributed by atoms with van der Waals surface area (Å²) in [6.45, 7) is 1.71. The highest BCUT2D eigenvalue weighted by Crippen LogP contribution is 2.35. The molecule has 3 nitrogen and oxygen atoms in total. The van der Waals surface area contributed by atoms with Gasteiger partial charge in [0.05, 0.1) is 0 Å². The summed E-state index contributed by atoms with van der Waals surface area (Å²) in [7, 11) is 0. The molecule has 0 aliphatic heterocycles. The van der Waals surface area contributed by atoms with E-state index in [0.29, 0.717) is 0 Å². The Morgan fingerprint density at radius 2 is 1.93 bits per heavy atom. The van der Waals surface area contributed by atoms with Gasteiger partial charge in [-0.05, 0) is 11.8 Å². The molecule has 0 amide bonds. The summed E-state index contributed by atoms with van der Waals surface area (Å²) in [5.41, 5.74) is 0.816. The number of aliphatic carboxylic acids is 1. The highest BCUT2D eigenvalue weighted by Gasteiger charge is 2.41. The van der Waals surface area contributed by atoms with Crippen molar-refractivity contribution in [1.29, 1.82) is 0 Å². The predicted molar refractivity (Wildman–Crippen MR) is 61.0 cm³/mol. The molecule has 15 heavy (non-hydrogen) atoms. The van der Waals surface area contributed by atoms with Crippen molar-refractivity contribution in [2.75, 3.05) is 6.26 Å². The van der Waals surface area contributed by atoms with Gasteiger partial charge in [0.2, 0.25) is 4.93 Å². The molecule has 1 aromatic carbocycles. The van der Waals surface area contributed by atoms with Gasteiger partial charge in [0.1, 0.15) is 0 Å². The van der Waals surface area contributed by atoms with Crippen LogP contribution in [0.15, 0.2) is 30.3 Å². The Bertz CT molecular complexity index is 339. The van der Waals surface area contributed by atoms with Gasteiger partial charge in [-0.1, -0.05) is 37.3 Å². The lowest BCUT2D eigenvalue weighted by atomic mass is 9.95. The molecule has 2 atom stereocenters. The van der Waals surface area contributed by atoms with Crippen LogP contribution in [-0.4, -0.2) is 27.4 Å². The van der Waals surface area contributed by atoms with Gasteiger partial charge in [-0.25, -0.2) is 4.79 Å². The molecule has 0 saturated heterocycles. The topological polar surface area (TPSA) is 57.5 Å². The highest BCUT2D eigenvalue weighted by atomic mass is 32.2. The van der Waals surface area contributed by atoms with Crippen LogP contribution >= 0.6 is 11.8 Å². The van der Waals surface area contributed by atoms with E-state index in [9.17, 15) is 9.90 Å². The van der Waals surface area contributed by atoms with E-state index < -0.39 is 16.8 Å². The third-order valence-electron chi connectivity index (χ3n) is 2.50. The molecule has 0 saturated carbocycles. The van der Waals surface area contributed by atoms with Crippen LogP contribution in [0.1, 0.15) is 18.4 Å². The third-order valence-corrected chi connectivity index (χ3v) is 3.65. The number of hydrogen-bond acceptors (Lipinski definition) is 3. The zero-order valence-corrected chi connectivity index (χ0v) is 9.49. The van der Waals surface area contributed by atoms with E-state index >= 15 is 0 Å². The normalized spacial score (nSPS) is 16.7. The third kappa shape index (κ3) is 2.33. The second-order valence-corrected chi connectivity index (χ2v) is 4.37. The van der Waals surface area contributed by atoms with Crippen LogP contribution in [0.25, 0.3) is 0 Å². The maximum absolute atomic E-state index is 11.0. The Hall–Kier alpha value is -1.00. The van der Waals surface area contributed by atoms with Crippen molar-refractivity contribution in [2.45, 2.75) is 17.8 Å². The zero-order chi connectivity index (χ0) is 11.5. The lowest BCUT2D eigenvalue weighted by Gasteiger charge is -2.28. The molecule has 1 rings (SSSR count). The summed E-state index contributed by atoms with van der Waals surface area (Å²) >= 11 is 0.939. The maximum atomic E-state index is 11.0.